The number of hydrogen-bond acceptors (Lipinski definition) is 3. The van der Waals surface area contributed by atoms with Gasteiger partial charge in [0.2, 0.25) is 0 Å². The van der Waals surface area contributed by atoms with Crippen molar-refractivity contribution in [3.05, 3.63) is 18.0 Å². The van der Waals surface area contributed by atoms with E-state index in [0.717, 1.165) is 25.6 Å². The fourth-order valence-corrected chi connectivity index (χ4v) is 3.34. The summed E-state index contributed by atoms with van der Waals surface area (Å²) in [4.78, 5) is 2.43. The molecule has 1 aromatic rings. The highest BCUT2D eigenvalue weighted by Gasteiger charge is 2.25. The summed E-state index contributed by atoms with van der Waals surface area (Å²) in [7, 11) is 4.20. The quantitative estimate of drug-likeness (QED) is 0.793. The molecule has 4 nitrogen and oxygen atoms in total. The van der Waals surface area contributed by atoms with Gasteiger partial charge in [-0.15, -0.1) is 0 Å². The van der Waals surface area contributed by atoms with E-state index in [1.165, 1.54) is 37.7 Å². The van der Waals surface area contributed by atoms with Gasteiger partial charge in [-0.25, -0.2) is 0 Å². The van der Waals surface area contributed by atoms with Gasteiger partial charge >= 0.3 is 0 Å². The van der Waals surface area contributed by atoms with Crippen LogP contribution in [0.25, 0.3) is 0 Å². The van der Waals surface area contributed by atoms with Crippen LogP contribution in [0.2, 0.25) is 0 Å². The second kappa shape index (κ2) is 7.79. The van der Waals surface area contributed by atoms with Crippen LogP contribution in [0.15, 0.2) is 12.4 Å². The molecule has 1 N–H and O–H groups in total. The second-order valence-corrected chi connectivity index (χ2v) is 6.32. The summed E-state index contributed by atoms with van der Waals surface area (Å²) < 4.78 is 1.88. The third-order valence-electron chi connectivity index (χ3n) is 4.34. The van der Waals surface area contributed by atoms with Crippen LogP contribution >= 0.6 is 0 Å². The van der Waals surface area contributed by atoms with Gasteiger partial charge in [0.25, 0.3) is 0 Å². The maximum atomic E-state index is 4.25. The first-order valence-corrected chi connectivity index (χ1v) is 8.08. The summed E-state index contributed by atoms with van der Waals surface area (Å²) in [6.07, 6.45) is 10.9. The molecule has 1 aromatic heterocycles. The summed E-state index contributed by atoms with van der Waals surface area (Å²) in [6, 6.07) is 0.652. The van der Waals surface area contributed by atoms with Gasteiger partial charge in [-0.1, -0.05) is 19.8 Å². The lowest BCUT2D eigenvalue weighted by Crippen LogP contribution is -2.44. The van der Waals surface area contributed by atoms with Gasteiger partial charge in [0.1, 0.15) is 0 Å². The normalized spacial score (nSPS) is 18.0. The van der Waals surface area contributed by atoms with Crippen LogP contribution in [0.3, 0.4) is 0 Å². The molecule has 1 fully saturated rings. The van der Waals surface area contributed by atoms with Gasteiger partial charge in [-0.2, -0.15) is 5.10 Å². The third kappa shape index (κ3) is 4.60. The molecular weight excluding hydrogens is 248 g/mol. The monoisotopic (exact) mass is 278 g/mol. The first-order chi connectivity index (χ1) is 9.69. The van der Waals surface area contributed by atoms with Gasteiger partial charge in [0, 0.05) is 37.9 Å². The number of nitrogens with one attached hydrogen (secondary N) is 1. The lowest BCUT2D eigenvalue weighted by Gasteiger charge is -2.29. The average Bonchev–Trinajstić information content (AvgIpc) is 3.06. The Kier molecular flexibility index (Phi) is 6.05. The molecule has 0 saturated heterocycles. The minimum absolute atomic E-state index is 0.652. The number of aryl methyl sites for hydroxylation is 1. The summed E-state index contributed by atoms with van der Waals surface area (Å²) in [5.74, 6) is 0.873. The summed E-state index contributed by atoms with van der Waals surface area (Å²) in [6.45, 7) is 5.52. The Balaban J connectivity index is 1.85. The van der Waals surface area contributed by atoms with Crippen molar-refractivity contribution in [2.75, 3.05) is 20.1 Å². The van der Waals surface area contributed by atoms with Crippen molar-refractivity contribution in [3.8, 4) is 0 Å². The Morgan fingerprint density at radius 3 is 2.80 bits per heavy atom. The largest absolute Gasteiger partial charge is 0.312 e. The maximum absolute atomic E-state index is 4.25. The fourth-order valence-electron chi connectivity index (χ4n) is 3.34. The second-order valence-electron chi connectivity index (χ2n) is 6.32. The minimum Gasteiger partial charge on any atom is -0.312 e. The number of hydrogen-bond donors (Lipinski definition) is 1. The molecular formula is C16H30N4. The molecule has 0 aliphatic heterocycles. The molecule has 20 heavy (non-hydrogen) atoms. The predicted octanol–water partition coefficient (Wildman–Crippen LogP) is 2.41. The summed E-state index contributed by atoms with van der Waals surface area (Å²) in [5, 5.41) is 8.02. The average molecular weight is 278 g/mol. The highest BCUT2D eigenvalue weighted by molar-refractivity contribution is 5.03. The Bertz CT molecular complexity index is 382. The first kappa shape index (κ1) is 15.5. The lowest BCUT2D eigenvalue weighted by atomic mass is 9.97. The van der Waals surface area contributed by atoms with Crippen LogP contribution in [0.1, 0.15) is 44.6 Å². The van der Waals surface area contributed by atoms with Gasteiger partial charge in [-0.05, 0) is 38.8 Å². The van der Waals surface area contributed by atoms with E-state index in [0.29, 0.717) is 6.04 Å². The smallest absolute Gasteiger partial charge is 0.0534 e. The maximum Gasteiger partial charge on any atom is 0.0534 e. The minimum atomic E-state index is 0.652. The molecule has 0 radical (unpaired) electrons. The Morgan fingerprint density at radius 1 is 1.45 bits per heavy atom. The number of rotatable bonds is 8. The van der Waals surface area contributed by atoms with Crippen LogP contribution in [0.4, 0.5) is 0 Å². The van der Waals surface area contributed by atoms with E-state index in [9.17, 15) is 0 Å². The van der Waals surface area contributed by atoms with Crippen molar-refractivity contribution in [3.63, 3.8) is 0 Å². The van der Waals surface area contributed by atoms with E-state index in [2.05, 4.69) is 35.5 Å². The lowest BCUT2D eigenvalue weighted by molar-refractivity contribution is 0.235. The molecule has 1 aliphatic rings. The van der Waals surface area contributed by atoms with Gasteiger partial charge in [-0.3, -0.25) is 4.68 Å². The van der Waals surface area contributed by atoms with Crippen LogP contribution in [-0.2, 0) is 13.6 Å². The SMILES string of the molecule is CCCNC(CN(C)Cc1cnn(C)c1)C1CCCC1. The van der Waals surface area contributed by atoms with E-state index in [4.69, 9.17) is 0 Å². The van der Waals surface area contributed by atoms with E-state index in [-0.39, 0.29) is 0 Å². The topological polar surface area (TPSA) is 33.1 Å². The highest BCUT2D eigenvalue weighted by Crippen LogP contribution is 2.28. The molecule has 1 unspecified atom stereocenters. The van der Waals surface area contributed by atoms with Gasteiger partial charge in [0.05, 0.1) is 6.20 Å². The zero-order valence-corrected chi connectivity index (χ0v) is 13.3. The van der Waals surface area contributed by atoms with E-state index >= 15 is 0 Å². The Labute approximate surface area is 123 Å². The molecule has 2 rings (SSSR count). The van der Waals surface area contributed by atoms with Gasteiger partial charge < -0.3 is 10.2 Å². The fraction of sp³-hybridized carbons (Fsp3) is 0.812. The first-order valence-electron chi connectivity index (χ1n) is 8.08. The van der Waals surface area contributed by atoms with Crippen LogP contribution in [0, 0.1) is 5.92 Å². The number of nitrogens with zero attached hydrogens (tertiary/aromatic N) is 3. The molecule has 1 atom stereocenters. The molecule has 1 aliphatic carbocycles. The van der Waals surface area contributed by atoms with E-state index < -0.39 is 0 Å². The van der Waals surface area contributed by atoms with Crippen molar-refractivity contribution in [2.45, 2.75) is 51.6 Å². The third-order valence-corrected chi connectivity index (χ3v) is 4.34. The molecule has 0 aromatic carbocycles. The molecule has 1 heterocycles. The van der Waals surface area contributed by atoms with Crippen molar-refractivity contribution in [1.82, 2.24) is 20.0 Å². The molecule has 4 heteroatoms. The van der Waals surface area contributed by atoms with Crippen molar-refractivity contribution in [2.24, 2.45) is 13.0 Å². The Hall–Kier alpha value is -0.870. The number of likely N-dealkylation sites (N-methyl/N-ethyl adjacent to an activating group) is 1. The molecule has 0 spiro atoms. The summed E-state index contributed by atoms with van der Waals surface area (Å²) >= 11 is 0. The Morgan fingerprint density at radius 2 is 2.20 bits per heavy atom. The molecule has 114 valence electrons. The molecule has 1 saturated carbocycles. The van der Waals surface area contributed by atoms with Crippen molar-refractivity contribution >= 4 is 0 Å². The van der Waals surface area contributed by atoms with Crippen molar-refractivity contribution in [1.29, 1.82) is 0 Å². The predicted molar refractivity (Wildman–Crippen MR) is 83.6 cm³/mol. The number of aromatic nitrogens is 2. The van der Waals surface area contributed by atoms with Crippen LogP contribution in [-0.4, -0.2) is 40.9 Å². The van der Waals surface area contributed by atoms with Gasteiger partial charge in [0.15, 0.2) is 0 Å². The van der Waals surface area contributed by atoms with Crippen LogP contribution in [0.5, 0.6) is 0 Å². The highest BCUT2D eigenvalue weighted by atomic mass is 15.2. The van der Waals surface area contributed by atoms with Crippen molar-refractivity contribution < 1.29 is 0 Å². The summed E-state index contributed by atoms with van der Waals surface area (Å²) in [5.41, 5.74) is 1.30. The molecule has 0 amide bonds. The van der Waals surface area contributed by atoms with E-state index in [1.807, 2.05) is 17.9 Å². The molecule has 0 bridgehead atoms. The zero-order chi connectivity index (χ0) is 14.4. The zero-order valence-electron chi connectivity index (χ0n) is 13.3. The van der Waals surface area contributed by atoms with E-state index in [1.54, 1.807) is 0 Å². The van der Waals surface area contributed by atoms with Crippen LogP contribution < -0.4 is 5.32 Å². The standard InChI is InChI=1S/C16H30N4/c1-4-9-17-16(15-7-5-6-8-15)13-19(2)11-14-10-18-20(3)12-14/h10,12,15-17H,4-9,11,13H2,1-3H3.